The zero-order valence-electron chi connectivity index (χ0n) is 10.7. The minimum Gasteiger partial charge on any atom is -0.312 e. The van der Waals surface area contributed by atoms with Crippen LogP contribution in [0.15, 0.2) is 16.3 Å². The Hall–Kier alpha value is -0.430. The zero-order chi connectivity index (χ0) is 13.0. The molecule has 0 spiro atoms. The van der Waals surface area contributed by atoms with E-state index in [0.717, 1.165) is 37.2 Å². The summed E-state index contributed by atoms with van der Waals surface area (Å²) in [5, 5.41) is 5.05. The lowest BCUT2D eigenvalue weighted by Gasteiger charge is -2.13. The van der Waals surface area contributed by atoms with E-state index in [0.29, 0.717) is 18.0 Å². The third-order valence-corrected chi connectivity index (χ3v) is 6.02. The summed E-state index contributed by atoms with van der Waals surface area (Å²) in [4.78, 5) is 1.55. The Morgan fingerprint density at radius 3 is 2.78 bits per heavy atom. The number of thiophene rings is 1. The van der Waals surface area contributed by atoms with Gasteiger partial charge in [-0.25, -0.2) is 8.42 Å². The molecule has 0 saturated carbocycles. The van der Waals surface area contributed by atoms with E-state index in [4.69, 9.17) is 0 Å². The first-order valence-electron chi connectivity index (χ1n) is 6.43. The van der Waals surface area contributed by atoms with Crippen molar-refractivity contribution in [1.29, 1.82) is 0 Å². The second-order valence-electron chi connectivity index (χ2n) is 4.54. The first-order valence-corrected chi connectivity index (χ1v) is 8.75. The summed E-state index contributed by atoms with van der Waals surface area (Å²) in [5.41, 5.74) is 0. The minimum atomic E-state index is -3.23. The molecule has 0 aliphatic carbocycles. The molecule has 0 radical (unpaired) electrons. The second-order valence-corrected chi connectivity index (χ2v) is 7.47. The molecule has 0 aromatic carbocycles. The Morgan fingerprint density at radius 1 is 1.39 bits per heavy atom. The molecule has 1 aromatic heterocycles. The molecule has 2 heterocycles. The van der Waals surface area contributed by atoms with Crippen LogP contribution in [0.4, 0.5) is 0 Å². The Kier molecular flexibility index (Phi) is 4.77. The van der Waals surface area contributed by atoms with Crippen LogP contribution in [0.1, 0.15) is 31.1 Å². The van der Waals surface area contributed by atoms with Crippen LogP contribution >= 0.6 is 11.3 Å². The smallest absolute Gasteiger partial charge is 0.243 e. The maximum absolute atomic E-state index is 12.3. The summed E-state index contributed by atoms with van der Waals surface area (Å²) >= 11 is 1.52. The van der Waals surface area contributed by atoms with E-state index in [9.17, 15) is 8.42 Å². The van der Waals surface area contributed by atoms with Gasteiger partial charge in [-0.2, -0.15) is 4.31 Å². The Bertz CT molecular complexity index is 476. The van der Waals surface area contributed by atoms with Crippen LogP contribution in [0, 0.1) is 0 Å². The van der Waals surface area contributed by atoms with Crippen LogP contribution in [0.2, 0.25) is 0 Å². The van der Waals surface area contributed by atoms with E-state index >= 15 is 0 Å². The lowest BCUT2D eigenvalue weighted by Crippen LogP contribution is -2.27. The molecule has 2 rings (SSSR count). The highest BCUT2D eigenvalue weighted by atomic mass is 32.2. The van der Waals surface area contributed by atoms with Crippen LogP contribution in [0.25, 0.3) is 0 Å². The molecule has 0 amide bonds. The van der Waals surface area contributed by atoms with Crippen LogP contribution in [0.5, 0.6) is 0 Å². The molecule has 18 heavy (non-hydrogen) atoms. The van der Waals surface area contributed by atoms with Crippen molar-refractivity contribution in [2.75, 3.05) is 19.6 Å². The third kappa shape index (κ3) is 3.12. The third-order valence-electron chi connectivity index (χ3n) is 3.06. The van der Waals surface area contributed by atoms with Crippen molar-refractivity contribution < 1.29 is 8.42 Å². The summed E-state index contributed by atoms with van der Waals surface area (Å²) in [6.45, 7) is 5.17. The first kappa shape index (κ1) is 14.0. The quantitative estimate of drug-likeness (QED) is 0.815. The number of hydrogen-bond donors (Lipinski definition) is 1. The number of nitrogens with one attached hydrogen (secondary N) is 1. The van der Waals surface area contributed by atoms with Gasteiger partial charge in [-0.1, -0.05) is 6.92 Å². The Morgan fingerprint density at radius 2 is 2.11 bits per heavy atom. The maximum Gasteiger partial charge on any atom is 0.243 e. The van der Waals surface area contributed by atoms with Crippen LogP contribution in [-0.2, 0) is 16.6 Å². The fourth-order valence-corrected chi connectivity index (χ4v) is 4.80. The molecule has 0 atom stereocenters. The fourth-order valence-electron chi connectivity index (χ4n) is 2.05. The predicted octanol–water partition coefficient (Wildman–Crippen LogP) is 2.03. The van der Waals surface area contributed by atoms with Gasteiger partial charge >= 0.3 is 0 Å². The van der Waals surface area contributed by atoms with E-state index in [1.54, 1.807) is 15.8 Å². The van der Waals surface area contributed by atoms with Crippen molar-refractivity contribution >= 4 is 21.4 Å². The summed E-state index contributed by atoms with van der Waals surface area (Å²) in [6, 6.07) is 1.81. The highest BCUT2D eigenvalue weighted by molar-refractivity contribution is 7.89. The standard InChI is InChI=1S/C12H20N2O2S2/c1-2-5-13-9-11-8-12(10-17-11)18(15,16)14-6-3-4-7-14/h8,10,13H,2-7,9H2,1H3. The van der Waals surface area contributed by atoms with E-state index in [-0.39, 0.29) is 0 Å². The molecule has 1 aliphatic heterocycles. The molecule has 1 fully saturated rings. The van der Waals surface area contributed by atoms with Crippen molar-refractivity contribution in [3.8, 4) is 0 Å². The van der Waals surface area contributed by atoms with E-state index in [1.807, 2.05) is 0 Å². The van der Waals surface area contributed by atoms with Crippen molar-refractivity contribution in [2.24, 2.45) is 0 Å². The minimum absolute atomic E-state index is 0.461. The number of hydrogen-bond acceptors (Lipinski definition) is 4. The van der Waals surface area contributed by atoms with Crippen molar-refractivity contribution in [2.45, 2.75) is 37.6 Å². The topological polar surface area (TPSA) is 49.4 Å². The van der Waals surface area contributed by atoms with Gasteiger partial charge in [-0.15, -0.1) is 11.3 Å². The maximum atomic E-state index is 12.3. The van der Waals surface area contributed by atoms with Crippen LogP contribution < -0.4 is 5.32 Å². The van der Waals surface area contributed by atoms with Gasteiger partial charge in [0.25, 0.3) is 0 Å². The lowest BCUT2D eigenvalue weighted by molar-refractivity contribution is 0.477. The van der Waals surface area contributed by atoms with Gasteiger partial charge in [0, 0.05) is 29.9 Å². The van der Waals surface area contributed by atoms with E-state index in [1.165, 1.54) is 11.3 Å². The van der Waals surface area contributed by atoms with E-state index < -0.39 is 10.0 Å². The Balaban J connectivity index is 2.04. The normalized spacial score (nSPS) is 17.4. The predicted molar refractivity (Wildman–Crippen MR) is 74.3 cm³/mol. The van der Waals surface area contributed by atoms with Gasteiger partial charge in [0.2, 0.25) is 10.0 Å². The van der Waals surface area contributed by atoms with E-state index in [2.05, 4.69) is 12.2 Å². The summed E-state index contributed by atoms with van der Waals surface area (Å²) in [6.07, 6.45) is 3.05. The first-order chi connectivity index (χ1) is 8.64. The monoisotopic (exact) mass is 288 g/mol. The number of rotatable bonds is 6. The summed E-state index contributed by atoms with van der Waals surface area (Å²) in [5.74, 6) is 0. The lowest BCUT2D eigenvalue weighted by atomic mass is 10.4. The molecule has 0 bridgehead atoms. The molecule has 1 aromatic rings. The largest absolute Gasteiger partial charge is 0.312 e. The van der Waals surface area contributed by atoms with Crippen LogP contribution in [0.3, 0.4) is 0 Å². The van der Waals surface area contributed by atoms with Gasteiger partial charge in [0.05, 0.1) is 4.90 Å². The fraction of sp³-hybridized carbons (Fsp3) is 0.667. The Labute approximate surface area is 113 Å². The molecule has 4 nitrogen and oxygen atoms in total. The van der Waals surface area contributed by atoms with Crippen molar-refractivity contribution in [3.63, 3.8) is 0 Å². The number of sulfonamides is 1. The van der Waals surface area contributed by atoms with Crippen LogP contribution in [-0.4, -0.2) is 32.4 Å². The summed E-state index contributed by atoms with van der Waals surface area (Å²) in [7, 11) is -3.23. The molecule has 102 valence electrons. The molecule has 1 aliphatic rings. The van der Waals surface area contributed by atoms with Gasteiger partial charge in [0.15, 0.2) is 0 Å². The average Bonchev–Trinajstić information content (AvgIpc) is 3.01. The zero-order valence-corrected chi connectivity index (χ0v) is 12.3. The molecular weight excluding hydrogens is 268 g/mol. The molecule has 0 unspecified atom stereocenters. The second kappa shape index (κ2) is 6.14. The van der Waals surface area contributed by atoms with Gasteiger partial charge in [-0.05, 0) is 31.9 Å². The summed E-state index contributed by atoms with van der Waals surface area (Å²) < 4.78 is 26.2. The molecule has 1 saturated heterocycles. The molecular formula is C12H20N2O2S2. The van der Waals surface area contributed by atoms with Gasteiger partial charge < -0.3 is 5.32 Å². The van der Waals surface area contributed by atoms with Crippen molar-refractivity contribution in [1.82, 2.24) is 9.62 Å². The highest BCUT2D eigenvalue weighted by Crippen LogP contribution is 2.25. The SMILES string of the molecule is CCCNCc1cc(S(=O)(=O)N2CCCC2)cs1. The van der Waals surface area contributed by atoms with Gasteiger partial charge in [-0.3, -0.25) is 0 Å². The number of nitrogens with zero attached hydrogens (tertiary/aromatic N) is 1. The molecule has 1 N–H and O–H groups in total. The van der Waals surface area contributed by atoms with Crippen molar-refractivity contribution in [3.05, 3.63) is 16.3 Å². The average molecular weight is 288 g/mol. The highest BCUT2D eigenvalue weighted by Gasteiger charge is 2.27. The molecule has 6 heteroatoms. The van der Waals surface area contributed by atoms with Gasteiger partial charge in [0.1, 0.15) is 0 Å².